The Kier molecular flexibility index (Phi) is 8.23. The second-order valence-electron chi connectivity index (χ2n) is 9.41. The van der Waals surface area contributed by atoms with Crippen molar-refractivity contribution in [2.45, 2.75) is 83.4 Å². The van der Waals surface area contributed by atoms with Crippen molar-refractivity contribution in [3.8, 4) is 0 Å². The van der Waals surface area contributed by atoms with Crippen molar-refractivity contribution in [2.75, 3.05) is 19.6 Å². The molecule has 2 aromatic rings. The fourth-order valence-electron chi connectivity index (χ4n) is 4.84. The van der Waals surface area contributed by atoms with Crippen LogP contribution in [0, 0.1) is 12.8 Å². The third-order valence-electron chi connectivity index (χ3n) is 6.72. The van der Waals surface area contributed by atoms with E-state index >= 15 is 0 Å². The largest absolute Gasteiger partial charge is 0.389 e. The van der Waals surface area contributed by atoms with Crippen LogP contribution in [-0.2, 0) is 30.5 Å². The van der Waals surface area contributed by atoms with Gasteiger partial charge in [0.25, 0.3) is 0 Å². The molecule has 0 radical (unpaired) electrons. The molecule has 0 bridgehead atoms. The Morgan fingerprint density at radius 3 is 2.65 bits per heavy atom. The fraction of sp³-hybridized carbons (Fsp3) is 0.739. The van der Waals surface area contributed by atoms with Gasteiger partial charge in [-0.1, -0.05) is 5.16 Å². The first-order valence-electron chi connectivity index (χ1n) is 12.1. The molecule has 0 saturated heterocycles. The number of nitrogens with zero attached hydrogens (tertiary/aromatic N) is 4. The van der Waals surface area contributed by atoms with E-state index in [1.165, 1.54) is 11.3 Å². The van der Waals surface area contributed by atoms with Crippen LogP contribution in [0.5, 0.6) is 0 Å². The normalized spacial score (nSPS) is 21.8. The van der Waals surface area contributed by atoms with E-state index in [0.29, 0.717) is 22.6 Å². The van der Waals surface area contributed by atoms with Gasteiger partial charge in [-0.2, -0.15) is 18.2 Å². The molecule has 2 aromatic heterocycles. The molecule has 1 amide bonds. The van der Waals surface area contributed by atoms with E-state index in [1.807, 2.05) is 0 Å². The summed E-state index contributed by atoms with van der Waals surface area (Å²) < 4.78 is 42.4. The van der Waals surface area contributed by atoms with Gasteiger partial charge in [-0.3, -0.25) is 4.79 Å². The fourth-order valence-corrected chi connectivity index (χ4v) is 5.94. The van der Waals surface area contributed by atoms with Crippen LogP contribution in [0.4, 0.5) is 13.2 Å². The summed E-state index contributed by atoms with van der Waals surface area (Å²) in [6.45, 7) is 4.59. The van der Waals surface area contributed by atoms with E-state index in [0.717, 1.165) is 75.2 Å². The lowest BCUT2D eigenvalue weighted by molar-refractivity contribution is -0.134. The maximum Gasteiger partial charge on any atom is 0.389 e. The number of aryl methyl sites for hydroxylation is 2. The number of carbonyl (C=O) groups excluding carboxylic acids is 1. The van der Waals surface area contributed by atoms with Crippen molar-refractivity contribution >= 4 is 17.2 Å². The molecule has 1 N–H and O–H groups in total. The summed E-state index contributed by atoms with van der Waals surface area (Å²) in [5, 5.41) is 7.49. The maximum atomic E-state index is 12.5. The standard InChI is InChI=1S/C23H32F3N5O2S/c1-15-27-20(30-33-15)14-21(32)28-17-4-2-16(3-5-17)7-11-31-12-8-18-19(9-13-31)34-22(29-18)6-10-23(24,25)26/h16-17H,2-14H2,1H3,(H,28,32). The molecule has 4 rings (SSSR count). The van der Waals surface area contributed by atoms with Gasteiger partial charge in [0.05, 0.1) is 17.1 Å². The Balaban J connectivity index is 1.13. The Labute approximate surface area is 201 Å². The number of rotatable bonds is 8. The first-order valence-corrected chi connectivity index (χ1v) is 12.9. The van der Waals surface area contributed by atoms with E-state index in [9.17, 15) is 18.0 Å². The molecule has 188 valence electrons. The highest BCUT2D eigenvalue weighted by Gasteiger charge is 2.28. The molecule has 0 unspecified atom stereocenters. The van der Waals surface area contributed by atoms with E-state index in [2.05, 4.69) is 25.3 Å². The van der Waals surface area contributed by atoms with Gasteiger partial charge in [0.1, 0.15) is 0 Å². The smallest absolute Gasteiger partial charge is 0.353 e. The summed E-state index contributed by atoms with van der Waals surface area (Å²) in [5.74, 6) is 1.49. The van der Waals surface area contributed by atoms with Crippen molar-refractivity contribution in [1.29, 1.82) is 0 Å². The molecule has 0 spiro atoms. The second kappa shape index (κ2) is 11.2. The van der Waals surface area contributed by atoms with Gasteiger partial charge >= 0.3 is 6.18 Å². The minimum Gasteiger partial charge on any atom is -0.353 e. The predicted molar refractivity (Wildman–Crippen MR) is 122 cm³/mol. The minimum absolute atomic E-state index is 0.00914. The highest BCUT2D eigenvalue weighted by molar-refractivity contribution is 7.11. The maximum absolute atomic E-state index is 12.5. The summed E-state index contributed by atoms with van der Waals surface area (Å²) in [6.07, 6.45) is 2.24. The van der Waals surface area contributed by atoms with Gasteiger partial charge in [-0.15, -0.1) is 11.3 Å². The number of fused-ring (bicyclic) bond motifs is 1. The molecule has 11 heteroatoms. The monoisotopic (exact) mass is 499 g/mol. The summed E-state index contributed by atoms with van der Waals surface area (Å²) in [7, 11) is 0. The number of amides is 1. The van der Waals surface area contributed by atoms with Gasteiger partial charge in [0.2, 0.25) is 11.8 Å². The third kappa shape index (κ3) is 7.49. The third-order valence-corrected chi connectivity index (χ3v) is 7.94. The molecule has 0 atom stereocenters. The van der Waals surface area contributed by atoms with E-state index in [-0.39, 0.29) is 24.8 Å². The summed E-state index contributed by atoms with van der Waals surface area (Å²) in [4.78, 5) is 24.4. The van der Waals surface area contributed by atoms with Gasteiger partial charge in [0, 0.05) is 50.2 Å². The van der Waals surface area contributed by atoms with Gasteiger partial charge in [0.15, 0.2) is 5.82 Å². The molecular weight excluding hydrogens is 467 g/mol. The number of alkyl halides is 3. The number of hydrogen-bond acceptors (Lipinski definition) is 7. The highest BCUT2D eigenvalue weighted by atomic mass is 32.1. The lowest BCUT2D eigenvalue weighted by atomic mass is 9.84. The van der Waals surface area contributed by atoms with E-state index < -0.39 is 12.6 Å². The van der Waals surface area contributed by atoms with Crippen LogP contribution in [0.15, 0.2) is 4.52 Å². The molecule has 0 aromatic carbocycles. The number of halogens is 3. The topological polar surface area (TPSA) is 84.2 Å². The Bertz CT molecular complexity index is 927. The number of thiazole rings is 1. The molecule has 3 heterocycles. The Morgan fingerprint density at radius 2 is 1.94 bits per heavy atom. The van der Waals surface area contributed by atoms with Crippen molar-refractivity contribution in [3.05, 3.63) is 27.3 Å². The van der Waals surface area contributed by atoms with Crippen LogP contribution in [-0.4, -0.2) is 57.8 Å². The molecule has 7 nitrogen and oxygen atoms in total. The minimum atomic E-state index is -4.13. The number of hydrogen-bond donors (Lipinski definition) is 1. The van der Waals surface area contributed by atoms with Crippen molar-refractivity contribution in [1.82, 2.24) is 25.3 Å². The first-order chi connectivity index (χ1) is 16.2. The first kappa shape index (κ1) is 25.1. The summed E-state index contributed by atoms with van der Waals surface area (Å²) in [6, 6.07) is 0.212. The van der Waals surface area contributed by atoms with Crippen LogP contribution >= 0.6 is 11.3 Å². The molecule has 1 aliphatic carbocycles. The SMILES string of the molecule is Cc1nc(CC(=O)NC2CCC(CCN3CCc4nc(CCC(F)(F)F)sc4CC3)CC2)no1. The van der Waals surface area contributed by atoms with Crippen LogP contribution in [0.1, 0.15) is 65.8 Å². The zero-order chi connectivity index (χ0) is 24.1. The van der Waals surface area contributed by atoms with Crippen LogP contribution in [0.2, 0.25) is 0 Å². The number of carbonyl (C=O) groups is 1. The zero-order valence-corrected chi connectivity index (χ0v) is 20.3. The average Bonchev–Trinajstić information content (AvgIpc) is 3.32. The molecule has 34 heavy (non-hydrogen) atoms. The Hall–Kier alpha value is -2.01. The molecular formula is C23H32F3N5O2S. The quantitative estimate of drug-likeness (QED) is 0.590. The van der Waals surface area contributed by atoms with Crippen molar-refractivity contribution in [3.63, 3.8) is 0 Å². The van der Waals surface area contributed by atoms with Crippen LogP contribution in [0.3, 0.4) is 0 Å². The van der Waals surface area contributed by atoms with Crippen LogP contribution < -0.4 is 5.32 Å². The number of nitrogens with one attached hydrogen (secondary N) is 1. The van der Waals surface area contributed by atoms with Crippen LogP contribution in [0.25, 0.3) is 0 Å². The van der Waals surface area contributed by atoms with E-state index in [1.54, 1.807) is 6.92 Å². The average molecular weight is 500 g/mol. The Morgan fingerprint density at radius 1 is 1.18 bits per heavy atom. The molecule has 1 saturated carbocycles. The van der Waals surface area contributed by atoms with Gasteiger partial charge < -0.3 is 14.7 Å². The number of aromatic nitrogens is 3. The molecule has 1 fully saturated rings. The summed E-state index contributed by atoms with van der Waals surface area (Å²) >= 11 is 1.46. The predicted octanol–water partition coefficient (Wildman–Crippen LogP) is 4.04. The highest BCUT2D eigenvalue weighted by Crippen LogP contribution is 2.29. The summed E-state index contributed by atoms with van der Waals surface area (Å²) in [5.41, 5.74) is 0.997. The van der Waals surface area contributed by atoms with Gasteiger partial charge in [-0.25, -0.2) is 4.98 Å². The molecule has 1 aliphatic heterocycles. The lowest BCUT2D eigenvalue weighted by Crippen LogP contribution is -2.39. The zero-order valence-electron chi connectivity index (χ0n) is 19.5. The lowest BCUT2D eigenvalue weighted by Gasteiger charge is -2.30. The van der Waals surface area contributed by atoms with Crippen molar-refractivity contribution < 1.29 is 22.5 Å². The van der Waals surface area contributed by atoms with Gasteiger partial charge in [-0.05, 0) is 51.0 Å². The van der Waals surface area contributed by atoms with Crippen molar-refractivity contribution in [2.24, 2.45) is 5.92 Å². The molecule has 2 aliphatic rings. The van der Waals surface area contributed by atoms with E-state index in [4.69, 9.17) is 4.52 Å². The second-order valence-corrected chi connectivity index (χ2v) is 10.6.